The van der Waals surface area contributed by atoms with Gasteiger partial charge in [0, 0.05) is 0 Å². The molecule has 0 aromatic rings. The number of hydrogen-bond acceptors (Lipinski definition) is 4. The molecule has 2 N–H and O–H groups in total. The smallest absolute Gasteiger partial charge is 0.142 e. The summed E-state index contributed by atoms with van der Waals surface area (Å²) in [6.45, 7) is 0. The molecule has 56 valence electrons. The van der Waals surface area contributed by atoms with E-state index in [2.05, 4.69) is 25.3 Å². The van der Waals surface area contributed by atoms with Crippen LogP contribution in [0.2, 0.25) is 0 Å². The molecule has 2 nitrogen and oxygen atoms in total. The highest BCUT2D eigenvalue weighted by molar-refractivity contribution is 7.86. The van der Waals surface area contributed by atoms with Gasteiger partial charge in [-0.15, -0.1) is 12.6 Å². The standard InChI is InChI=1S/C6H8O2S2/c7-4-1-2-6(8,10)5(9)3-4/h1-3,5,7-10H. The van der Waals surface area contributed by atoms with Crippen LogP contribution in [0, 0.1) is 0 Å². The molecule has 1 aliphatic carbocycles. The van der Waals surface area contributed by atoms with Crippen LogP contribution in [-0.2, 0) is 0 Å². The largest absolute Gasteiger partial charge is 0.508 e. The Bertz CT molecular complexity index is 196. The molecule has 4 heteroatoms. The minimum atomic E-state index is -1.24. The minimum Gasteiger partial charge on any atom is -0.508 e. The zero-order chi connectivity index (χ0) is 7.78. The Kier molecular flexibility index (Phi) is 2.03. The van der Waals surface area contributed by atoms with Gasteiger partial charge in [-0.25, -0.2) is 0 Å². The van der Waals surface area contributed by atoms with Crippen LogP contribution in [0.3, 0.4) is 0 Å². The monoisotopic (exact) mass is 176 g/mol. The number of aliphatic hydroxyl groups is 2. The zero-order valence-corrected chi connectivity index (χ0v) is 6.89. The van der Waals surface area contributed by atoms with Crippen LogP contribution in [0.15, 0.2) is 24.0 Å². The molecular weight excluding hydrogens is 168 g/mol. The molecule has 0 saturated carbocycles. The maximum absolute atomic E-state index is 9.31. The van der Waals surface area contributed by atoms with Crippen molar-refractivity contribution >= 4 is 25.3 Å². The van der Waals surface area contributed by atoms with Gasteiger partial charge in [-0.1, -0.05) is 0 Å². The molecule has 0 spiro atoms. The summed E-state index contributed by atoms with van der Waals surface area (Å²) in [6.07, 6.45) is 4.21. The lowest BCUT2D eigenvalue weighted by Crippen LogP contribution is -2.31. The minimum absolute atomic E-state index is 0.110. The Labute approximate surface area is 70.1 Å². The van der Waals surface area contributed by atoms with Gasteiger partial charge in [0.05, 0.1) is 5.25 Å². The van der Waals surface area contributed by atoms with Crippen molar-refractivity contribution in [2.24, 2.45) is 0 Å². The third kappa shape index (κ3) is 1.51. The molecule has 2 unspecified atom stereocenters. The molecule has 0 amide bonds. The number of hydrogen-bond donors (Lipinski definition) is 4. The quantitative estimate of drug-likeness (QED) is 0.327. The second-order valence-corrected chi connectivity index (χ2v) is 3.43. The Balaban J connectivity index is 2.84. The van der Waals surface area contributed by atoms with E-state index in [0.29, 0.717) is 0 Å². The fourth-order valence-electron chi connectivity index (χ4n) is 0.647. The van der Waals surface area contributed by atoms with Crippen LogP contribution in [-0.4, -0.2) is 20.4 Å². The Morgan fingerprint density at radius 2 is 2.20 bits per heavy atom. The SMILES string of the molecule is OC1=CC(S)C(O)(S)C=C1. The molecule has 0 aromatic carbocycles. The van der Waals surface area contributed by atoms with Crippen molar-refractivity contribution in [1.29, 1.82) is 0 Å². The maximum Gasteiger partial charge on any atom is 0.142 e. The van der Waals surface area contributed by atoms with Crippen LogP contribution in [0.4, 0.5) is 0 Å². The predicted octanol–water partition coefficient (Wildman–Crippen LogP) is 0.915. The van der Waals surface area contributed by atoms with Crippen molar-refractivity contribution in [3.63, 3.8) is 0 Å². The lowest BCUT2D eigenvalue weighted by Gasteiger charge is -2.25. The predicted molar refractivity (Wildman–Crippen MR) is 46.6 cm³/mol. The maximum atomic E-state index is 9.31. The van der Waals surface area contributed by atoms with Crippen molar-refractivity contribution in [2.75, 3.05) is 0 Å². The van der Waals surface area contributed by atoms with E-state index in [1.807, 2.05) is 0 Å². The van der Waals surface area contributed by atoms with Crippen molar-refractivity contribution in [1.82, 2.24) is 0 Å². The van der Waals surface area contributed by atoms with E-state index in [-0.39, 0.29) is 5.76 Å². The normalized spacial score (nSPS) is 39.5. The Morgan fingerprint density at radius 3 is 2.60 bits per heavy atom. The Morgan fingerprint density at radius 1 is 1.60 bits per heavy atom. The number of rotatable bonds is 0. The van der Waals surface area contributed by atoms with Gasteiger partial charge < -0.3 is 10.2 Å². The molecule has 0 radical (unpaired) electrons. The van der Waals surface area contributed by atoms with Crippen LogP contribution < -0.4 is 0 Å². The van der Waals surface area contributed by atoms with Crippen molar-refractivity contribution in [2.45, 2.75) is 10.2 Å². The Hall–Kier alpha value is -0.0600. The van der Waals surface area contributed by atoms with E-state index in [0.717, 1.165) is 0 Å². The first-order valence-electron chi connectivity index (χ1n) is 2.75. The van der Waals surface area contributed by atoms with Gasteiger partial charge in [0.1, 0.15) is 10.7 Å². The molecule has 0 fully saturated rings. The van der Waals surface area contributed by atoms with Gasteiger partial charge in [-0.3, -0.25) is 0 Å². The van der Waals surface area contributed by atoms with Crippen molar-refractivity contribution in [3.8, 4) is 0 Å². The highest BCUT2D eigenvalue weighted by atomic mass is 32.1. The van der Waals surface area contributed by atoms with Crippen LogP contribution >= 0.6 is 25.3 Å². The van der Waals surface area contributed by atoms with Crippen molar-refractivity contribution in [3.05, 3.63) is 24.0 Å². The van der Waals surface area contributed by atoms with E-state index >= 15 is 0 Å². The van der Waals surface area contributed by atoms with Crippen LogP contribution in [0.1, 0.15) is 0 Å². The second kappa shape index (κ2) is 2.53. The lowest BCUT2D eigenvalue weighted by atomic mass is 10.1. The molecular formula is C6H8O2S2. The van der Waals surface area contributed by atoms with E-state index in [1.54, 1.807) is 0 Å². The van der Waals surface area contributed by atoms with E-state index in [1.165, 1.54) is 18.2 Å². The summed E-state index contributed by atoms with van der Waals surface area (Å²) in [6, 6.07) is 0. The summed E-state index contributed by atoms with van der Waals surface area (Å²) >= 11 is 7.88. The molecule has 10 heavy (non-hydrogen) atoms. The van der Waals surface area contributed by atoms with Gasteiger partial charge in [0.25, 0.3) is 0 Å². The van der Waals surface area contributed by atoms with Gasteiger partial charge >= 0.3 is 0 Å². The molecule has 1 aliphatic rings. The number of allylic oxidation sites excluding steroid dienone is 1. The topological polar surface area (TPSA) is 40.5 Å². The first kappa shape index (κ1) is 8.04. The average molecular weight is 176 g/mol. The summed E-state index contributed by atoms with van der Waals surface area (Å²) in [5.41, 5.74) is 0. The molecule has 0 aliphatic heterocycles. The summed E-state index contributed by atoms with van der Waals surface area (Å²) in [5, 5.41) is 17.7. The van der Waals surface area contributed by atoms with E-state index in [4.69, 9.17) is 5.11 Å². The van der Waals surface area contributed by atoms with Gasteiger partial charge in [-0.05, 0) is 18.2 Å². The first-order chi connectivity index (χ1) is 4.52. The molecule has 1 rings (SSSR count). The highest BCUT2D eigenvalue weighted by Crippen LogP contribution is 2.27. The fourth-order valence-corrected chi connectivity index (χ4v) is 1.03. The van der Waals surface area contributed by atoms with Crippen LogP contribution in [0.5, 0.6) is 0 Å². The summed E-state index contributed by atoms with van der Waals surface area (Å²) < 4.78 is 0. The third-order valence-electron chi connectivity index (χ3n) is 1.26. The van der Waals surface area contributed by atoms with E-state index in [9.17, 15) is 5.11 Å². The lowest BCUT2D eigenvalue weighted by molar-refractivity contribution is 0.195. The number of aliphatic hydroxyl groups excluding tert-OH is 1. The molecule has 0 heterocycles. The van der Waals surface area contributed by atoms with Gasteiger partial charge in [0.2, 0.25) is 0 Å². The third-order valence-corrected chi connectivity index (χ3v) is 2.44. The molecule has 0 saturated heterocycles. The fraction of sp³-hybridized carbons (Fsp3) is 0.333. The summed E-state index contributed by atoms with van der Waals surface area (Å²) in [5.74, 6) is 0.110. The van der Waals surface area contributed by atoms with Gasteiger partial charge in [-0.2, -0.15) is 12.6 Å². The zero-order valence-electron chi connectivity index (χ0n) is 5.10. The summed E-state index contributed by atoms with van der Waals surface area (Å²) in [7, 11) is 0. The molecule has 0 aromatic heterocycles. The number of thiol groups is 2. The average Bonchev–Trinajstić information content (AvgIpc) is 1.81. The highest BCUT2D eigenvalue weighted by Gasteiger charge is 2.28. The first-order valence-corrected chi connectivity index (χ1v) is 3.71. The second-order valence-electron chi connectivity index (χ2n) is 2.15. The summed E-state index contributed by atoms with van der Waals surface area (Å²) in [4.78, 5) is -1.24. The molecule has 2 atom stereocenters. The molecule has 0 bridgehead atoms. The van der Waals surface area contributed by atoms with Crippen LogP contribution in [0.25, 0.3) is 0 Å². The van der Waals surface area contributed by atoms with Crippen molar-refractivity contribution < 1.29 is 10.2 Å². The van der Waals surface area contributed by atoms with Gasteiger partial charge in [0.15, 0.2) is 0 Å². The van der Waals surface area contributed by atoms with E-state index < -0.39 is 10.2 Å².